The number of carbonyl (C=O) groups excluding carboxylic acids is 1. The summed E-state index contributed by atoms with van der Waals surface area (Å²) in [7, 11) is 0. The quantitative estimate of drug-likeness (QED) is 0.584. The Hall–Kier alpha value is -2.09. The smallest absolute Gasteiger partial charge is 0.154 e. The Morgan fingerprint density at radius 3 is 2.47 bits per heavy atom. The van der Waals surface area contributed by atoms with Crippen LogP contribution in [0.3, 0.4) is 0 Å². The second kappa shape index (κ2) is 3.45. The summed E-state index contributed by atoms with van der Waals surface area (Å²) in [6.07, 6.45) is 0.870. The number of rotatable bonds is 1. The Labute approximate surface area is 98.8 Å². The molecule has 0 atom stereocenters. The molecule has 3 rings (SSSR count). The summed E-state index contributed by atoms with van der Waals surface area (Å²) in [5, 5.41) is 2.08. The Morgan fingerprint density at radius 2 is 1.71 bits per heavy atom. The van der Waals surface area contributed by atoms with Crippen molar-refractivity contribution in [3.63, 3.8) is 0 Å². The minimum Gasteiger partial charge on any atom is -0.455 e. The number of hydrogen-bond acceptors (Lipinski definition) is 2. The van der Waals surface area contributed by atoms with Crippen LogP contribution >= 0.6 is 0 Å². The average Bonchev–Trinajstić information content (AvgIpc) is 2.69. The first-order chi connectivity index (χ1) is 8.22. The van der Waals surface area contributed by atoms with Gasteiger partial charge in [0, 0.05) is 10.8 Å². The van der Waals surface area contributed by atoms with Crippen LogP contribution in [0.2, 0.25) is 0 Å². The van der Waals surface area contributed by atoms with E-state index in [0.29, 0.717) is 11.1 Å². The van der Waals surface area contributed by atoms with Crippen LogP contribution in [0.4, 0.5) is 0 Å². The molecule has 0 N–H and O–H groups in total. The molecule has 1 aromatic heterocycles. The third-order valence-corrected chi connectivity index (χ3v) is 3.24. The molecule has 0 unspecified atom stereocenters. The average molecular weight is 224 g/mol. The van der Waals surface area contributed by atoms with E-state index in [9.17, 15) is 4.79 Å². The molecule has 84 valence electrons. The summed E-state index contributed by atoms with van der Waals surface area (Å²) in [4.78, 5) is 11.1. The summed E-state index contributed by atoms with van der Waals surface area (Å²) < 4.78 is 5.85. The van der Waals surface area contributed by atoms with Gasteiger partial charge >= 0.3 is 0 Å². The van der Waals surface area contributed by atoms with Crippen LogP contribution < -0.4 is 0 Å². The van der Waals surface area contributed by atoms with E-state index in [4.69, 9.17) is 4.42 Å². The highest BCUT2D eigenvalue weighted by Crippen LogP contribution is 2.33. The zero-order valence-corrected chi connectivity index (χ0v) is 9.78. The number of aryl methyl sites for hydroxylation is 2. The Bertz CT molecular complexity index is 735. The molecule has 0 aliphatic carbocycles. The van der Waals surface area contributed by atoms with Gasteiger partial charge in [-0.05, 0) is 25.0 Å². The van der Waals surface area contributed by atoms with Crippen LogP contribution in [0.1, 0.15) is 21.5 Å². The normalized spacial score (nSPS) is 11.2. The molecule has 0 fully saturated rings. The first kappa shape index (κ1) is 10.1. The zero-order valence-electron chi connectivity index (χ0n) is 9.78. The van der Waals surface area contributed by atoms with Crippen molar-refractivity contribution in [2.24, 2.45) is 0 Å². The highest BCUT2D eigenvalue weighted by atomic mass is 16.3. The number of para-hydroxylation sites is 1. The van der Waals surface area contributed by atoms with E-state index in [-0.39, 0.29) is 0 Å². The highest BCUT2D eigenvalue weighted by Gasteiger charge is 2.13. The molecule has 1 heterocycles. The van der Waals surface area contributed by atoms with Crippen molar-refractivity contribution in [2.45, 2.75) is 13.8 Å². The van der Waals surface area contributed by atoms with Crippen molar-refractivity contribution < 1.29 is 9.21 Å². The molecule has 2 aromatic carbocycles. The molecule has 2 nitrogen and oxygen atoms in total. The maximum atomic E-state index is 11.1. The Kier molecular flexibility index (Phi) is 2.05. The molecular weight excluding hydrogens is 212 g/mol. The fourth-order valence-corrected chi connectivity index (χ4v) is 2.27. The van der Waals surface area contributed by atoms with Crippen molar-refractivity contribution in [1.29, 1.82) is 0 Å². The summed E-state index contributed by atoms with van der Waals surface area (Å²) in [5.41, 5.74) is 4.26. The van der Waals surface area contributed by atoms with Crippen molar-refractivity contribution in [3.8, 4) is 0 Å². The van der Waals surface area contributed by atoms with E-state index >= 15 is 0 Å². The lowest BCUT2D eigenvalue weighted by Crippen LogP contribution is -1.85. The standard InChI is InChI=1S/C15H12O2/c1-9-6-7-12-11-5-3-4-10(2)14(11)17-15(12)13(9)8-16/h3-8H,1-2H3. The molecule has 0 radical (unpaired) electrons. The van der Waals surface area contributed by atoms with Crippen LogP contribution in [0, 0.1) is 13.8 Å². The van der Waals surface area contributed by atoms with E-state index in [1.54, 1.807) is 0 Å². The first-order valence-corrected chi connectivity index (χ1v) is 5.59. The molecular formula is C15H12O2. The molecule has 0 spiro atoms. The fraction of sp³-hybridized carbons (Fsp3) is 0.133. The van der Waals surface area contributed by atoms with Gasteiger partial charge in [-0.1, -0.05) is 30.3 Å². The van der Waals surface area contributed by atoms with Crippen LogP contribution in [-0.2, 0) is 0 Å². The molecule has 2 heteroatoms. The number of benzene rings is 2. The van der Waals surface area contributed by atoms with Crippen LogP contribution in [0.5, 0.6) is 0 Å². The molecule has 17 heavy (non-hydrogen) atoms. The lowest BCUT2D eigenvalue weighted by molar-refractivity contribution is 0.112. The van der Waals surface area contributed by atoms with E-state index in [1.165, 1.54) is 0 Å². The summed E-state index contributed by atoms with van der Waals surface area (Å²) in [6, 6.07) is 10.0. The third kappa shape index (κ3) is 1.30. The van der Waals surface area contributed by atoms with Crippen molar-refractivity contribution in [3.05, 3.63) is 47.0 Å². The van der Waals surface area contributed by atoms with E-state index in [0.717, 1.165) is 33.8 Å². The number of furan rings is 1. The van der Waals surface area contributed by atoms with Gasteiger partial charge in [-0.25, -0.2) is 0 Å². The van der Waals surface area contributed by atoms with Gasteiger partial charge in [-0.15, -0.1) is 0 Å². The predicted molar refractivity (Wildman–Crippen MR) is 68.6 cm³/mol. The molecule has 0 saturated carbocycles. The third-order valence-electron chi connectivity index (χ3n) is 3.24. The maximum absolute atomic E-state index is 11.1. The summed E-state index contributed by atoms with van der Waals surface area (Å²) in [6.45, 7) is 3.93. The van der Waals surface area contributed by atoms with Crippen LogP contribution in [0.25, 0.3) is 21.9 Å². The molecule has 0 aliphatic heterocycles. The maximum Gasteiger partial charge on any atom is 0.154 e. The number of hydrogen-bond donors (Lipinski definition) is 0. The van der Waals surface area contributed by atoms with E-state index in [1.807, 2.05) is 44.2 Å². The topological polar surface area (TPSA) is 30.2 Å². The van der Waals surface area contributed by atoms with Gasteiger partial charge < -0.3 is 4.42 Å². The lowest BCUT2D eigenvalue weighted by Gasteiger charge is -1.97. The van der Waals surface area contributed by atoms with E-state index in [2.05, 4.69) is 0 Å². The highest BCUT2D eigenvalue weighted by molar-refractivity contribution is 6.10. The summed E-state index contributed by atoms with van der Waals surface area (Å²) >= 11 is 0. The first-order valence-electron chi connectivity index (χ1n) is 5.59. The minimum atomic E-state index is 0.651. The molecule has 0 bridgehead atoms. The zero-order chi connectivity index (χ0) is 12.0. The molecule has 0 aliphatic rings. The van der Waals surface area contributed by atoms with Crippen molar-refractivity contribution >= 4 is 28.2 Å². The Balaban J connectivity index is 2.59. The number of aldehydes is 1. The number of fused-ring (bicyclic) bond motifs is 3. The van der Waals surface area contributed by atoms with Crippen LogP contribution in [0.15, 0.2) is 34.7 Å². The van der Waals surface area contributed by atoms with Gasteiger partial charge in [0.25, 0.3) is 0 Å². The predicted octanol–water partition coefficient (Wildman–Crippen LogP) is 4.02. The second-order valence-corrected chi connectivity index (χ2v) is 4.34. The minimum absolute atomic E-state index is 0.651. The summed E-state index contributed by atoms with van der Waals surface area (Å²) in [5.74, 6) is 0. The van der Waals surface area contributed by atoms with Gasteiger partial charge in [0.1, 0.15) is 11.2 Å². The SMILES string of the molecule is Cc1ccc2c(oc3c(C)cccc32)c1C=O. The van der Waals surface area contributed by atoms with Gasteiger partial charge in [0.05, 0.1) is 5.56 Å². The molecule has 3 aromatic rings. The van der Waals surface area contributed by atoms with Gasteiger partial charge in [0.2, 0.25) is 0 Å². The van der Waals surface area contributed by atoms with Gasteiger partial charge in [-0.3, -0.25) is 4.79 Å². The van der Waals surface area contributed by atoms with Gasteiger partial charge in [0.15, 0.2) is 6.29 Å². The monoisotopic (exact) mass is 224 g/mol. The van der Waals surface area contributed by atoms with Gasteiger partial charge in [-0.2, -0.15) is 0 Å². The molecule has 0 amide bonds. The van der Waals surface area contributed by atoms with Crippen molar-refractivity contribution in [2.75, 3.05) is 0 Å². The van der Waals surface area contributed by atoms with E-state index < -0.39 is 0 Å². The fourth-order valence-electron chi connectivity index (χ4n) is 2.27. The lowest BCUT2D eigenvalue weighted by atomic mass is 10.0. The van der Waals surface area contributed by atoms with Crippen LogP contribution in [-0.4, -0.2) is 6.29 Å². The second-order valence-electron chi connectivity index (χ2n) is 4.34. The largest absolute Gasteiger partial charge is 0.455 e. The Morgan fingerprint density at radius 1 is 0.941 bits per heavy atom. The van der Waals surface area contributed by atoms with Crippen molar-refractivity contribution in [1.82, 2.24) is 0 Å². The molecule has 0 saturated heterocycles. The number of carbonyl (C=O) groups is 1.